The van der Waals surface area contributed by atoms with Crippen molar-refractivity contribution >= 4 is 17.1 Å². The van der Waals surface area contributed by atoms with E-state index in [1.165, 1.54) is 56.2 Å². The fourth-order valence-electron chi connectivity index (χ4n) is 5.90. The lowest BCUT2D eigenvalue weighted by Gasteiger charge is -2.39. The van der Waals surface area contributed by atoms with E-state index in [9.17, 15) is 0 Å². The minimum atomic E-state index is 0.429. The van der Waals surface area contributed by atoms with Crippen LogP contribution >= 0.6 is 0 Å². The summed E-state index contributed by atoms with van der Waals surface area (Å²) in [6, 6.07) is 19.7. The lowest BCUT2D eigenvalue weighted by Crippen LogP contribution is -2.36. The predicted molar refractivity (Wildman–Crippen MR) is 146 cm³/mol. The van der Waals surface area contributed by atoms with Crippen LogP contribution in [0.4, 0.5) is 17.1 Å². The Morgan fingerprint density at radius 3 is 2.53 bits per heavy atom. The van der Waals surface area contributed by atoms with Crippen LogP contribution in [0.1, 0.15) is 51.4 Å². The second-order valence-electron chi connectivity index (χ2n) is 10.2. The minimum absolute atomic E-state index is 0.429. The number of nitrogens with one attached hydrogen (secondary N) is 1. The maximum absolute atomic E-state index is 4.28. The third kappa shape index (κ3) is 5.55. The fraction of sp³-hybridized carbons (Fsp3) is 0.375. The summed E-state index contributed by atoms with van der Waals surface area (Å²) >= 11 is 0. The highest BCUT2D eigenvalue weighted by atomic mass is 15.1. The number of hydrogen-bond donors (Lipinski definition) is 1. The van der Waals surface area contributed by atoms with E-state index >= 15 is 0 Å². The average Bonchev–Trinajstić information content (AvgIpc) is 2.89. The van der Waals surface area contributed by atoms with Crippen molar-refractivity contribution in [1.29, 1.82) is 0 Å². The lowest BCUT2D eigenvalue weighted by atomic mass is 9.72. The first kappa shape index (κ1) is 22.8. The topological polar surface area (TPSA) is 15.3 Å². The molecule has 2 aromatic carbocycles. The van der Waals surface area contributed by atoms with E-state index in [1.54, 1.807) is 0 Å². The number of fused-ring (bicyclic) bond motifs is 1. The van der Waals surface area contributed by atoms with Gasteiger partial charge in [-0.25, -0.2) is 0 Å². The van der Waals surface area contributed by atoms with Gasteiger partial charge in [0.05, 0.1) is 6.04 Å². The van der Waals surface area contributed by atoms with E-state index in [0.717, 1.165) is 29.6 Å². The van der Waals surface area contributed by atoms with Crippen LogP contribution in [-0.2, 0) is 0 Å². The summed E-state index contributed by atoms with van der Waals surface area (Å²) in [6.45, 7) is 4.28. The van der Waals surface area contributed by atoms with E-state index in [2.05, 4.69) is 102 Å². The monoisotopic (exact) mass is 450 g/mol. The zero-order chi connectivity index (χ0) is 23.2. The Labute approximate surface area is 205 Å². The Morgan fingerprint density at radius 1 is 0.912 bits per heavy atom. The molecule has 0 radical (unpaired) electrons. The van der Waals surface area contributed by atoms with Crippen LogP contribution in [0.15, 0.2) is 103 Å². The van der Waals surface area contributed by atoms with Gasteiger partial charge in [0.15, 0.2) is 0 Å². The summed E-state index contributed by atoms with van der Waals surface area (Å²) in [5.41, 5.74) is 4.78. The number of anilines is 3. The predicted octanol–water partition coefficient (Wildman–Crippen LogP) is 8.80. The van der Waals surface area contributed by atoms with E-state index in [-0.39, 0.29) is 0 Å². The molecule has 0 bridgehead atoms. The molecule has 1 N–H and O–H groups in total. The van der Waals surface area contributed by atoms with Crippen LogP contribution < -0.4 is 10.2 Å². The summed E-state index contributed by atoms with van der Waals surface area (Å²) in [6.07, 6.45) is 24.5. The van der Waals surface area contributed by atoms with Gasteiger partial charge in [-0.3, -0.25) is 0 Å². The van der Waals surface area contributed by atoms with Crippen molar-refractivity contribution in [2.24, 2.45) is 17.8 Å². The van der Waals surface area contributed by atoms with Crippen molar-refractivity contribution in [3.63, 3.8) is 0 Å². The number of nitrogens with zero attached hydrogens (tertiary/aromatic N) is 1. The first-order chi connectivity index (χ1) is 16.8. The Kier molecular flexibility index (Phi) is 7.34. The van der Waals surface area contributed by atoms with Crippen LogP contribution in [0.25, 0.3) is 0 Å². The van der Waals surface area contributed by atoms with Gasteiger partial charge in [-0.1, -0.05) is 73.6 Å². The molecule has 0 aliphatic heterocycles. The molecule has 0 amide bonds. The summed E-state index contributed by atoms with van der Waals surface area (Å²) < 4.78 is 0. The van der Waals surface area contributed by atoms with Gasteiger partial charge in [0.2, 0.25) is 0 Å². The molecule has 2 nitrogen and oxygen atoms in total. The van der Waals surface area contributed by atoms with E-state index in [1.807, 2.05) is 6.07 Å². The Balaban J connectivity index is 1.34. The molecule has 2 aromatic rings. The molecule has 2 heteroatoms. The van der Waals surface area contributed by atoms with Crippen LogP contribution in [0.2, 0.25) is 0 Å². The molecule has 4 unspecified atom stereocenters. The van der Waals surface area contributed by atoms with Gasteiger partial charge in [-0.15, -0.1) is 0 Å². The van der Waals surface area contributed by atoms with Gasteiger partial charge in [0.25, 0.3) is 0 Å². The smallest absolute Gasteiger partial charge is 0.0519 e. The van der Waals surface area contributed by atoms with Gasteiger partial charge in [0.1, 0.15) is 0 Å². The second kappa shape index (κ2) is 11.0. The highest BCUT2D eigenvalue weighted by molar-refractivity contribution is 5.64. The van der Waals surface area contributed by atoms with Gasteiger partial charge in [-0.2, -0.15) is 0 Å². The second-order valence-corrected chi connectivity index (χ2v) is 10.2. The van der Waals surface area contributed by atoms with Crippen molar-refractivity contribution < 1.29 is 0 Å². The Bertz CT molecular complexity index is 1030. The summed E-state index contributed by atoms with van der Waals surface area (Å²) in [7, 11) is 0. The molecule has 0 spiro atoms. The van der Waals surface area contributed by atoms with E-state index in [4.69, 9.17) is 0 Å². The van der Waals surface area contributed by atoms with E-state index in [0.29, 0.717) is 12.0 Å². The number of benzene rings is 2. The molecule has 176 valence electrons. The van der Waals surface area contributed by atoms with Crippen LogP contribution in [0.5, 0.6) is 0 Å². The Hall–Kier alpha value is -3.00. The number of allylic oxidation sites excluding steroid dienone is 5. The third-order valence-electron chi connectivity index (χ3n) is 7.90. The van der Waals surface area contributed by atoms with Crippen molar-refractivity contribution in [3.8, 4) is 0 Å². The minimum Gasteiger partial charge on any atom is -0.356 e. The quantitative estimate of drug-likeness (QED) is 0.424. The molecule has 1 fully saturated rings. The molecule has 1 saturated carbocycles. The number of rotatable bonds is 7. The van der Waals surface area contributed by atoms with E-state index < -0.39 is 0 Å². The van der Waals surface area contributed by atoms with Gasteiger partial charge < -0.3 is 10.2 Å². The van der Waals surface area contributed by atoms with Crippen LogP contribution in [0.3, 0.4) is 0 Å². The first-order valence-electron chi connectivity index (χ1n) is 13.2. The van der Waals surface area contributed by atoms with Gasteiger partial charge in [0, 0.05) is 23.3 Å². The molecule has 5 rings (SSSR count). The highest BCUT2D eigenvalue weighted by Gasteiger charge is 2.31. The summed E-state index contributed by atoms with van der Waals surface area (Å²) in [5, 5.41) is 3.51. The zero-order valence-electron chi connectivity index (χ0n) is 20.3. The molecule has 0 aromatic heterocycles. The van der Waals surface area contributed by atoms with Gasteiger partial charge in [-0.05, 0) is 92.7 Å². The maximum atomic E-state index is 4.28. The maximum Gasteiger partial charge on any atom is 0.0519 e. The van der Waals surface area contributed by atoms with Crippen molar-refractivity contribution in [1.82, 2.24) is 0 Å². The van der Waals surface area contributed by atoms with Crippen molar-refractivity contribution in [3.05, 3.63) is 103 Å². The molecule has 3 aliphatic carbocycles. The average molecular weight is 451 g/mol. The molecule has 4 atom stereocenters. The van der Waals surface area contributed by atoms with Gasteiger partial charge >= 0.3 is 0 Å². The summed E-state index contributed by atoms with van der Waals surface area (Å²) in [5.74, 6) is 2.21. The standard InChI is InChI=1S/C32H38N2/c1-25-10-5-6-11-26(25)14-9-23-34(32-20-17-27-12-7-8-13-28(27)24-32)31-21-18-30(19-22-31)33-29-15-3-2-4-16-29/h2-5,9-10,15-23,26-28,32-33H,1,6-8,11-14,24H2/b23-9+. The van der Waals surface area contributed by atoms with Crippen molar-refractivity contribution in [2.75, 3.05) is 10.2 Å². The van der Waals surface area contributed by atoms with Crippen molar-refractivity contribution in [2.45, 2.75) is 57.4 Å². The van der Waals surface area contributed by atoms with Crippen LogP contribution in [0, 0.1) is 17.8 Å². The lowest BCUT2D eigenvalue weighted by molar-refractivity contribution is 0.249. The summed E-state index contributed by atoms with van der Waals surface area (Å²) in [4.78, 5) is 2.51. The fourth-order valence-corrected chi connectivity index (χ4v) is 5.90. The molecular formula is C32H38N2. The highest BCUT2D eigenvalue weighted by Crippen LogP contribution is 2.39. The third-order valence-corrected chi connectivity index (χ3v) is 7.90. The van der Waals surface area contributed by atoms with Crippen LogP contribution in [-0.4, -0.2) is 6.04 Å². The molecular weight excluding hydrogens is 412 g/mol. The SMILES string of the molecule is C=C1C=CCCC1C/C=C/N(c1ccc(Nc2ccccc2)cc1)C1C=CC2CCCCC2C1. The molecule has 3 aliphatic rings. The first-order valence-corrected chi connectivity index (χ1v) is 13.2. The Morgan fingerprint density at radius 2 is 1.71 bits per heavy atom. The molecule has 0 saturated heterocycles. The number of hydrogen-bond acceptors (Lipinski definition) is 2. The largest absolute Gasteiger partial charge is 0.356 e. The normalized spacial score (nSPS) is 26.4. The zero-order valence-corrected chi connectivity index (χ0v) is 20.3. The molecule has 0 heterocycles. The number of para-hydroxylation sites is 1. The molecule has 34 heavy (non-hydrogen) atoms.